The number of carbonyl (C=O) groups excluding carboxylic acids is 1. The van der Waals surface area contributed by atoms with Crippen LogP contribution in [-0.2, 0) is 11.4 Å². The van der Waals surface area contributed by atoms with Crippen LogP contribution in [0.4, 0.5) is 5.82 Å². The lowest BCUT2D eigenvalue weighted by Gasteiger charge is -2.24. The van der Waals surface area contributed by atoms with Gasteiger partial charge in [-0.2, -0.15) is 0 Å². The number of carbonyl (C=O) groups is 1. The molecule has 0 saturated carbocycles. The number of H-pyrrole nitrogens is 1. The number of fused-ring (bicyclic) bond motifs is 1. The third kappa shape index (κ3) is 3.64. The lowest BCUT2D eigenvalue weighted by atomic mass is 9.87. The lowest BCUT2D eigenvalue weighted by molar-refractivity contribution is -0.116. The predicted octanol–water partition coefficient (Wildman–Crippen LogP) is 3.78. The summed E-state index contributed by atoms with van der Waals surface area (Å²) >= 11 is 6.15. The van der Waals surface area contributed by atoms with Crippen molar-refractivity contribution in [3.05, 3.63) is 86.4 Å². The minimum Gasteiger partial charge on any atom is -0.489 e. The van der Waals surface area contributed by atoms with E-state index in [0.717, 1.165) is 11.1 Å². The van der Waals surface area contributed by atoms with Gasteiger partial charge in [0.05, 0.1) is 5.56 Å². The molecule has 6 nitrogen and oxygen atoms in total. The predicted molar refractivity (Wildman–Crippen MR) is 107 cm³/mol. The second kappa shape index (κ2) is 7.48. The standard InChI is InChI=1S/C21H18ClN3O3/c1-12-23-20-19(21(27)24-12)16(10-18(26)25-20)13-6-8-15(9-7-13)28-11-14-4-2-3-5-17(14)22/h2-9,16H,10-11H2,1H3,(H2,23,24,25,26,27). The zero-order chi connectivity index (χ0) is 19.7. The average Bonchev–Trinajstić information content (AvgIpc) is 2.66. The fraction of sp³-hybridized carbons (Fsp3) is 0.190. The molecule has 0 aliphatic carbocycles. The number of benzene rings is 2. The third-order valence-electron chi connectivity index (χ3n) is 4.70. The molecule has 0 fully saturated rings. The van der Waals surface area contributed by atoms with Crippen molar-refractivity contribution in [3.63, 3.8) is 0 Å². The molecular weight excluding hydrogens is 378 g/mol. The quantitative estimate of drug-likeness (QED) is 0.704. The zero-order valence-electron chi connectivity index (χ0n) is 15.2. The van der Waals surface area contributed by atoms with E-state index in [9.17, 15) is 9.59 Å². The summed E-state index contributed by atoms with van der Waals surface area (Å²) < 4.78 is 5.80. The molecule has 3 aromatic rings. The second-order valence-electron chi connectivity index (χ2n) is 6.67. The molecule has 1 unspecified atom stereocenters. The van der Waals surface area contributed by atoms with Gasteiger partial charge in [0.25, 0.3) is 5.56 Å². The summed E-state index contributed by atoms with van der Waals surface area (Å²) in [4.78, 5) is 31.5. The third-order valence-corrected chi connectivity index (χ3v) is 5.07. The molecule has 7 heteroatoms. The highest BCUT2D eigenvalue weighted by atomic mass is 35.5. The summed E-state index contributed by atoms with van der Waals surface area (Å²) in [7, 11) is 0. The Hall–Kier alpha value is -3.12. The van der Waals surface area contributed by atoms with E-state index in [4.69, 9.17) is 16.3 Å². The van der Waals surface area contributed by atoms with Gasteiger partial charge < -0.3 is 15.0 Å². The molecule has 1 atom stereocenters. The number of aromatic amines is 1. The number of nitrogens with one attached hydrogen (secondary N) is 2. The van der Waals surface area contributed by atoms with Gasteiger partial charge in [-0.25, -0.2) is 4.98 Å². The van der Waals surface area contributed by atoms with Crippen LogP contribution in [-0.4, -0.2) is 15.9 Å². The van der Waals surface area contributed by atoms with E-state index in [2.05, 4.69) is 15.3 Å². The van der Waals surface area contributed by atoms with E-state index in [0.29, 0.717) is 34.6 Å². The Morgan fingerprint density at radius 3 is 2.64 bits per heavy atom. The molecular formula is C21H18ClN3O3. The molecule has 0 spiro atoms. The van der Waals surface area contributed by atoms with Gasteiger partial charge in [0.1, 0.15) is 24.0 Å². The molecule has 2 aromatic carbocycles. The Morgan fingerprint density at radius 1 is 1.14 bits per heavy atom. The van der Waals surface area contributed by atoms with E-state index in [1.807, 2.05) is 48.5 Å². The highest BCUT2D eigenvalue weighted by Gasteiger charge is 2.30. The first kappa shape index (κ1) is 18.3. The first-order chi connectivity index (χ1) is 13.5. The summed E-state index contributed by atoms with van der Waals surface area (Å²) in [6.07, 6.45) is 0.195. The maximum absolute atomic E-state index is 12.4. The van der Waals surface area contributed by atoms with E-state index >= 15 is 0 Å². The molecule has 4 rings (SSSR count). The van der Waals surface area contributed by atoms with Crippen LogP contribution in [0.15, 0.2) is 53.3 Å². The van der Waals surface area contributed by atoms with Gasteiger partial charge in [0, 0.05) is 22.9 Å². The number of ether oxygens (including phenoxy) is 1. The number of aromatic nitrogens is 2. The van der Waals surface area contributed by atoms with Crippen molar-refractivity contribution in [1.82, 2.24) is 9.97 Å². The minimum atomic E-state index is -0.349. The van der Waals surface area contributed by atoms with Crippen molar-refractivity contribution in [1.29, 1.82) is 0 Å². The van der Waals surface area contributed by atoms with Crippen LogP contribution in [0.25, 0.3) is 0 Å². The van der Waals surface area contributed by atoms with E-state index in [1.54, 1.807) is 6.92 Å². The molecule has 0 radical (unpaired) electrons. The van der Waals surface area contributed by atoms with Gasteiger partial charge in [-0.15, -0.1) is 0 Å². The van der Waals surface area contributed by atoms with Crippen LogP contribution in [0.5, 0.6) is 5.75 Å². The summed E-state index contributed by atoms with van der Waals surface area (Å²) in [5, 5.41) is 3.35. The van der Waals surface area contributed by atoms with Crippen LogP contribution in [0.1, 0.15) is 34.9 Å². The van der Waals surface area contributed by atoms with Gasteiger partial charge in [-0.3, -0.25) is 9.59 Å². The van der Waals surface area contributed by atoms with Crippen molar-refractivity contribution >= 4 is 23.3 Å². The molecule has 2 N–H and O–H groups in total. The SMILES string of the molecule is Cc1nc2c(c(=O)[nH]1)C(c1ccc(OCc3ccccc3Cl)cc1)CC(=O)N2. The number of aryl methyl sites for hydroxylation is 1. The highest BCUT2D eigenvalue weighted by Crippen LogP contribution is 2.34. The molecule has 2 heterocycles. The smallest absolute Gasteiger partial charge is 0.256 e. The first-order valence-electron chi connectivity index (χ1n) is 8.88. The number of halogens is 1. The Morgan fingerprint density at radius 2 is 1.89 bits per heavy atom. The summed E-state index contributed by atoms with van der Waals surface area (Å²) in [5.74, 6) is 0.974. The van der Waals surface area contributed by atoms with E-state index in [-0.39, 0.29) is 23.8 Å². The molecule has 1 aliphatic heterocycles. The second-order valence-corrected chi connectivity index (χ2v) is 7.07. The molecule has 0 bridgehead atoms. The van der Waals surface area contributed by atoms with Crippen molar-refractivity contribution < 1.29 is 9.53 Å². The van der Waals surface area contributed by atoms with Gasteiger partial charge in [0.15, 0.2) is 0 Å². The maximum atomic E-state index is 12.4. The van der Waals surface area contributed by atoms with Gasteiger partial charge in [-0.1, -0.05) is 41.9 Å². The Kier molecular flexibility index (Phi) is 4.88. The fourth-order valence-electron chi connectivity index (χ4n) is 3.34. The van der Waals surface area contributed by atoms with Crippen molar-refractivity contribution in [2.24, 2.45) is 0 Å². The summed E-state index contributed by atoms with van der Waals surface area (Å²) in [5.41, 5.74) is 2.01. The van der Waals surface area contributed by atoms with Crippen LogP contribution in [0.2, 0.25) is 5.02 Å². The number of rotatable bonds is 4. The molecule has 28 heavy (non-hydrogen) atoms. The normalized spacial score (nSPS) is 15.6. The van der Waals surface area contributed by atoms with Gasteiger partial charge in [-0.05, 0) is 30.7 Å². The molecule has 1 aromatic heterocycles. The topological polar surface area (TPSA) is 84.1 Å². The summed E-state index contributed by atoms with van der Waals surface area (Å²) in [6.45, 7) is 2.04. The molecule has 1 aliphatic rings. The van der Waals surface area contributed by atoms with Crippen LogP contribution < -0.4 is 15.6 Å². The van der Waals surface area contributed by atoms with Gasteiger partial charge in [0.2, 0.25) is 5.91 Å². The summed E-state index contributed by atoms with van der Waals surface area (Å²) in [6, 6.07) is 14.9. The minimum absolute atomic E-state index is 0.158. The lowest BCUT2D eigenvalue weighted by Crippen LogP contribution is -2.31. The highest BCUT2D eigenvalue weighted by molar-refractivity contribution is 6.31. The average molecular weight is 396 g/mol. The number of amides is 1. The van der Waals surface area contributed by atoms with Gasteiger partial charge >= 0.3 is 0 Å². The van der Waals surface area contributed by atoms with Crippen LogP contribution >= 0.6 is 11.6 Å². The fourth-order valence-corrected chi connectivity index (χ4v) is 3.53. The molecule has 1 amide bonds. The number of hydrogen-bond acceptors (Lipinski definition) is 4. The zero-order valence-corrected chi connectivity index (χ0v) is 15.9. The van der Waals surface area contributed by atoms with Crippen molar-refractivity contribution in [2.75, 3.05) is 5.32 Å². The Labute approximate surface area is 166 Å². The van der Waals surface area contributed by atoms with Crippen molar-refractivity contribution in [2.45, 2.75) is 25.9 Å². The first-order valence-corrected chi connectivity index (χ1v) is 9.26. The van der Waals surface area contributed by atoms with Crippen LogP contribution in [0, 0.1) is 6.92 Å². The van der Waals surface area contributed by atoms with E-state index < -0.39 is 0 Å². The van der Waals surface area contributed by atoms with Crippen molar-refractivity contribution in [3.8, 4) is 5.75 Å². The Bertz CT molecular complexity index is 1090. The molecule has 0 saturated heterocycles. The van der Waals surface area contributed by atoms with E-state index in [1.165, 1.54) is 0 Å². The maximum Gasteiger partial charge on any atom is 0.256 e. The number of hydrogen-bond donors (Lipinski definition) is 2. The largest absolute Gasteiger partial charge is 0.489 e. The molecule has 142 valence electrons. The monoisotopic (exact) mass is 395 g/mol. The Balaban J connectivity index is 1.57. The van der Waals surface area contributed by atoms with Crippen LogP contribution in [0.3, 0.4) is 0 Å². The number of anilines is 1. The number of nitrogens with zero attached hydrogens (tertiary/aromatic N) is 1.